The maximum atomic E-state index is 12.5. The molecule has 1 atom stereocenters. The zero-order valence-electron chi connectivity index (χ0n) is 15.7. The minimum Gasteiger partial charge on any atom is -0.353 e. The number of carbonyl (C=O) groups excluding carboxylic acids is 1. The molecule has 142 valence electrons. The molecule has 0 aromatic carbocycles. The van der Waals surface area contributed by atoms with Crippen LogP contribution in [0, 0.1) is 5.92 Å². The molecule has 2 aliphatic carbocycles. The van der Waals surface area contributed by atoms with Gasteiger partial charge in [0, 0.05) is 18.7 Å². The zero-order chi connectivity index (χ0) is 18.1. The zero-order valence-corrected chi connectivity index (χ0v) is 15.7. The Kier molecular flexibility index (Phi) is 5.11. The first kappa shape index (κ1) is 17.7. The van der Waals surface area contributed by atoms with Gasteiger partial charge in [0.05, 0.1) is 17.7 Å². The Morgan fingerprint density at radius 1 is 1.15 bits per heavy atom. The number of carbonyl (C=O) groups is 1. The predicted octanol–water partition coefficient (Wildman–Crippen LogP) is 1.67. The van der Waals surface area contributed by atoms with Crippen LogP contribution in [0.5, 0.6) is 0 Å². The van der Waals surface area contributed by atoms with Crippen LogP contribution in [0.25, 0.3) is 0 Å². The van der Waals surface area contributed by atoms with Crippen molar-refractivity contribution >= 4 is 5.91 Å². The molecule has 1 saturated carbocycles. The Hall–Kier alpha value is -1.69. The average Bonchev–Trinajstić information content (AvgIpc) is 3.09. The fraction of sp³-hybridized carbons (Fsp3) is 0.750. The van der Waals surface area contributed by atoms with Gasteiger partial charge in [-0.25, -0.2) is 4.68 Å². The molecule has 1 saturated heterocycles. The maximum absolute atomic E-state index is 12.5. The Labute approximate surface area is 155 Å². The summed E-state index contributed by atoms with van der Waals surface area (Å²) < 4.78 is 1.72. The van der Waals surface area contributed by atoms with Crippen LogP contribution in [0.15, 0.2) is 10.9 Å². The lowest BCUT2D eigenvalue weighted by molar-refractivity contribution is -0.127. The standard InChI is InChI=1S/C20H30N4O2/c1-23-11-3-5-15(13-23)20(26)21-16-7-9-17(10-8-16)24-19(25)12-14-4-2-6-18(14)22-24/h12,15-17H,2-11,13H2,1H3,(H,21,26). The smallest absolute Gasteiger partial charge is 0.267 e. The summed E-state index contributed by atoms with van der Waals surface area (Å²) in [6.45, 7) is 1.97. The van der Waals surface area contributed by atoms with Crippen molar-refractivity contribution in [1.29, 1.82) is 0 Å². The van der Waals surface area contributed by atoms with Crippen molar-refractivity contribution in [3.05, 3.63) is 27.7 Å². The number of aromatic nitrogens is 2. The highest BCUT2D eigenvalue weighted by Crippen LogP contribution is 2.28. The molecule has 1 unspecified atom stereocenters. The molecule has 1 aromatic heterocycles. The summed E-state index contributed by atoms with van der Waals surface area (Å²) in [4.78, 5) is 27.2. The highest BCUT2D eigenvalue weighted by atomic mass is 16.2. The lowest BCUT2D eigenvalue weighted by Crippen LogP contribution is -2.46. The van der Waals surface area contributed by atoms with Crippen LogP contribution < -0.4 is 10.9 Å². The topological polar surface area (TPSA) is 67.2 Å². The van der Waals surface area contributed by atoms with Gasteiger partial charge in [-0.2, -0.15) is 5.10 Å². The molecular weight excluding hydrogens is 328 g/mol. The van der Waals surface area contributed by atoms with Gasteiger partial charge in [0.25, 0.3) is 5.56 Å². The molecule has 0 bridgehead atoms. The molecule has 0 spiro atoms. The number of nitrogens with zero attached hydrogens (tertiary/aromatic N) is 3. The summed E-state index contributed by atoms with van der Waals surface area (Å²) in [6, 6.07) is 2.22. The van der Waals surface area contributed by atoms with E-state index < -0.39 is 0 Å². The second-order valence-corrected chi connectivity index (χ2v) is 8.37. The Bertz CT molecular complexity index is 721. The monoisotopic (exact) mass is 358 g/mol. The molecule has 2 heterocycles. The highest BCUT2D eigenvalue weighted by molar-refractivity contribution is 5.79. The van der Waals surface area contributed by atoms with Crippen molar-refractivity contribution in [1.82, 2.24) is 20.0 Å². The van der Waals surface area contributed by atoms with Crippen molar-refractivity contribution in [3.63, 3.8) is 0 Å². The number of likely N-dealkylation sites (tertiary alicyclic amines) is 1. The van der Waals surface area contributed by atoms with E-state index in [0.29, 0.717) is 0 Å². The molecule has 1 amide bonds. The first-order chi connectivity index (χ1) is 12.6. The van der Waals surface area contributed by atoms with Gasteiger partial charge < -0.3 is 10.2 Å². The number of rotatable bonds is 3. The normalized spacial score (nSPS) is 29.3. The van der Waals surface area contributed by atoms with Crippen LogP contribution in [0.4, 0.5) is 0 Å². The molecule has 3 aliphatic rings. The Morgan fingerprint density at radius 2 is 1.96 bits per heavy atom. The van der Waals surface area contributed by atoms with Gasteiger partial charge in [-0.3, -0.25) is 9.59 Å². The number of fused-ring (bicyclic) bond motifs is 1. The molecule has 2 fully saturated rings. The van der Waals surface area contributed by atoms with Gasteiger partial charge in [-0.05, 0) is 76.9 Å². The third-order valence-corrected chi connectivity index (χ3v) is 6.37. The third kappa shape index (κ3) is 3.70. The van der Waals surface area contributed by atoms with Gasteiger partial charge in [-0.1, -0.05) is 0 Å². The molecular formula is C20H30N4O2. The van der Waals surface area contributed by atoms with Crippen LogP contribution in [0.2, 0.25) is 0 Å². The van der Waals surface area contributed by atoms with Crippen LogP contribution in [-0.2, 0) is 17.6 Å². The Morgan fingerprint density at radius 3 is 2.73 bits per heavy atom. The summed E-state index contributed by atoms with van der Waals surface area (Å²) >= 11 is 0. The first-order valence-electron chi connectivity index (χ1n) is 10.2. The maximum Gasteiger partial charge on any atom is 0.267 e. The summed E-state index contributed by atoms with van der Waals surface area (Å²) in [5.41, 5.74) is 2.30. The Balaban J connectivity index is 1.33. The predicted molar refractivity (Wildman–Crippen MR) is 100 cm³/mol. The van der Waals surface area contributed by atoms with Crippen LogP contribution in [0.3, 0.4) is 0 Å². The number of aryl methyl sites for hydroxylation is 2. The molecule has 6 nitrogen and oxygen atoms in total. The summed E-state index contributed by atoms with van der Waals surface area (Å²) in [5, 5.41) is 7.92. The second kappa shape index (κ2) is 7.51. The van der Waals surface area contributed by atoms with Gasteiger partial charge in [0.1, 0.15) is 0 Å². The van der Waals surface area contributed by atoms with E-state index >= 15 is 0 Å². The molecule has 1 aliphatic heterocycles. The second-order valence-electron chi connectivity index (χ2n) is 8.37. The SMILES string of the molecule is CN1CCCC(C(=O)NC2CCC(n3nc4c(cc3=O)CCC4)CC2)C1. The van der Waals surface area contributed by atoms with E-state index in [1.807, 2.05) is 0 Å². The van der Waals surface area contributed by atoms with Gasteiger partial charge >= 0.3 is 0 Å². The van der Waals surface area contributed by atoms with E-state index in [4.69, 9.17) is 0 Å². The fourth-order valence-corrected chi connectivity index (χ4v) is 4.84. The molecule has 0 radical (unpaired) electrons. The number of hydrogen-bond acceptors (Lipinski definition) is 4. The molecule has 6 heteroatoms. The number of amides is 1. The van der Waals surface area contributed by atoms with Crippen molar-refractivity contribution in [2.75, 3.05) is 20.1 Å². The minimum atomic E-state index is 0.0448. The molecule has 1 N–H and O–H groups in total. The van der Waals surface area contributed by atoms with E-state index in [1.165, 1.54) is 0 Å². The summed E-state index contributed by atoms with van der Waals surface area (Å²) in [7, 11) is 2.09. The highest BCUT2D eigenvalue weighted by Gasteiger charge is 2.29. The van der Waals surface area contributed by atoms with Crippen LogP contribution in [0.1, 0.15) is 62.2 Å². The quantitative estimate of drug-likeness (QED) is 0.893. The van der Waals surface area contributed by atoms with E-state index in [0.717, 1.165) is 82.1 Å². The summed E-state index contributed by atoms with van der Waals surface area (Å²) in [6.07, 6.45) is 8.91. The van der Waals surface area contributed by atoms with E-state index in [-0.39, 0.29) is 29.5 Å². The lowest BCUT2D eigenvalue weighted by atomic mass is 9.90. The fourth-order valence-electron chi connectivity index (χ4n) is 4.84. The third-order valence-electron chi connectivity index (χ3n) is 6.37. The first-order valence-corrected chi connectivity index (χ1v) is 10.2. The average molecular weight is 358 g/mol. The van der Waals surface area contributed by atoms with Gasteiger partial charge in [0.15, 0.2) is 0 Å². The molecule has 1 aromatic rings. The lowest BCUT2D eigenvalue weighted by Gasteiger charge is -2.33. The number of nitrogens with one attached hydrogen (secondary N) is 1. The molecule has 4 rings (SSSR count). The molecule has 26 heavy (non-hydrogen) atoms. The number of hydrogen-bond donors (Lipinski definition) is 1. The van der Waals surface area contributed by atoms with Crippen molar-refractivity contribution < 1.29 is 4.79 Å². The van der Waals surface area contributed by atoms with E-state index in [2.05, 4.69) is 22.4 Å². The largest absolute Gasteiger partial charge is 0.353 e. The van der Waals surface area contributed by atoms with Crippen molar-refractivity contribution in [3.8, 4) is 0 Å². The minimum absolute atomic E-state index is 0.0448. The van der Waals surface area contributed by atoms with E-state index in [9.17, 15) is 9.59 Å². The van der Waals surface area contributed by atoms with Gasteiger partial charge in [0.2, 0.25) is 5.91 Å². The van der Waals surface area contributed by atoms with Crippen molar-refractivity contribution in [2.45, 2.75) is 69.9 Å². The number of piperidine rings is 1. The summed E-state index contributed by atoms with van der Waals surface area (Å²) in [5.74, 6) is 0.347. The van der Waals surface area contributed by atoms with Crippen molar-refractivity contribution in [2.24, 2.45) is 5.92 Å². The van der Waals surface area contributed by atoms with Crippen LogP contribution >= 0.6 is 0 Å². The van der Waals surface area contributed by atoms with Gasteiger partial charge in [-0.15, -0.1) is 0 Å². The van der Waals surface area contributed by atoms with E-state index in [1.54, 1.807) is 10.7 Å². The van der Waals surface area contributed by atoms with Crippen LogP contribution in [-0.4, -0.2) is 46.8 Å².